The summed E-state index contributed by atoms with van der Waals surface area (Å²) < 4.78 is 11.7. The van der Waals surface area contributed by atoms with Gasteiger partial charge in [0, 0.05) is 0 Å². The van der Waals surface area contributed by atoms with Gasteiger partial charge in [0.05, 0.1) is 6.61 Å². The fourth-order valence-electron chi connectivity index (χ4n) is 1.57. The number of aliphatic hydroxyl groups is 1. The lowest BCUT2D eigenvalue weighted by molar-refractivity contribution is -0.155. The van der Waals surface area contributed by atoms with Gasteiger partial charge in [0.25, 0.3) is 6.29 Å². The van der Waals surface area contributed by atoms with Gasteiger partial charge >= 0.3 is 0 Å². The van der Waals surface area contributed by atoms with Crippen molar-refractivity contribution in [2.75, 3.05) is 13.2 Å². The van der Waals surface area contributed by atoms with Gasteiger partial charge in [0.1, 0.15) is 24.8 Å². The summed E-state index contributed by atoms with van der Waals surface area (Å²) in [6, 6.07) is 0. The predicted octanol–water partition coefficient (Wildman–Crippen LogP) is -0.400. The minimum Gasteiger partial charge on any atom is -0.391 e. The maximum absolute atomic E-state index is 8.86. The first-order chi connectivity index (χ1) is 8.78. The molecular weight excluding hydrogens is 264 g/mol. The van der Waals surface area contributed by atoms with Crippen LogP contribution in [0.2, 0.25) is 5.15 Å². The molecule has 0 spiro atoms. The zero-order valence-electron chi connectivity index (χ0n) is 9.06. The van der Waals surface area contributed by atoms with Crippen LogP contribution in [0.5, 0.6) is 0 Å². The van der Waals surface area contributed by atoms with Crippen LogP contribution >= 0.6 is 11.6 Å². The second-order valence-corrected chi connectivity index (χ2v) is 3.88. The van der Waals surface area contributed by atoms with Crippen LogP contribution in [0.25, 0.3) is 11.2 Å². The topological polar surface area (TPSA) is 91.5 Å². The molecule has 9 heteroatoms. The summed E-state index contributed by atoms with van der Waals surface area (Å²) in [5, 5.41) is 9.10. The monoisotopic (exact) mass is 272 g/mol. The van der Waals surface area contributed by atoms with Crippen molar-refractivity contribution in [3.63, 3.8) is 0 Å². The molecule has 96 valence electrons. The summed E-state index contributed by atoms with van der Waals surface area (Å²) in [5.41, 5.74) is 0.878. The first kappa shape index (κ1) is 11.6. The second kappa shape index (κ2) is 4.65. The number of hydrogen-bond acceptors (Lipinski definition) is 7. The Balaban J connectivity index is 1.81. The standard InChI is InChI=1S/C9H9ClN4O4/c10-8-7-9(12-3-11-8)14(4-13-7)18-6-2-16-5(1-15)17-6/h3-6,15H,1-2H2/t5?,6-/m1/s1. The van der Waals surface area contributed by atoms with Crippen LogP contribution in [0.4, 0.5) is 0 Å². The summed E-state index contributed by atoms with van der Waals surface area (Å²) >= 11 is 5.86. The van der Waals surface area contributed by atoms with E-state index in [4.69, 9.17) is 31.0 Å². The van der Waals surface area contributed by atoms with Gasteiger partial charge in [-0.2, -0.15) is 0 Å². The lowest BCUT2D eigenvalue weighted by Gasteiger charge is -2.12. The van der Waals surface area contributed by atoms with Gasteiger partial charge in [-0.1, -0.05) is 11.6 Å². The molecule has 2 aromatic rings. The highest BCUT2D eigenvalue weighted by atomic mass is 35.5. The maximum atomic E-state index is 8.86. The van der Waals surface area contributed by atoms with E-state index in [2.05, 4.69) is 15.0 Å². The Morgan fingerprint density at radius 2 is 2.39 bits per heavy atom. The molecule has 3 heterocycles. The molecular formula is C9H9ClN4O4. The quantitative estimate of drug-likeness (QED) is 0.760. The van der Waals surface area contributed by atoms with E-state index in [1.54, 1.807) is 0 Å². The van der Waals surface area contributed by atoms with Crippen LogP contribution in [-0.2, 0) is 9.47 Å². The fraction of sp³-hybridized carbons (Fsp3) is 0.444. The third kappa shape index (κ3) is 1.99. The minimum atomic E-state index is -0.664. The van der Waals surface area contributed by atoms with E-state index < -0.39 is 12.6 Å². The van der Waals surface area contributed by atoms with E-state index in [-0.39, 0.29) is 18.4 Å². The zero-order valence-corrected chi connectivity index (χ0v) is 9.82. The largest absolute Gasteiger partial charge is 0.391 e. The fourth-order valence-corrected chi connectivity index (χ4v) is 1.75. The first-order valence-electron chi connectivity index (χ1n) is 5.16. The molecule has 1 aliphatic heterocycles. The Kier molecular flexibility index (Phi) is 3.00. The highest BCUT2D eigenvalue weighted by Gasteiger charge is 2.28. The first-order valence-corrected chi connectivity index (χ1v) is 5.54. The van der Waals surface area contributed by atoms with E-state index in [9.17, 15) is 0 Å². The van der Waals surface area contributed by atoms with Gasteiger partial charge in [-0.05, 0) is 0 Å². The lowest BCUT2D eigenvalue weighted by Crippen LogP contribution is -2.27. The Morgan fingerprint density at radius 3 is 3.17 bits per heavy atom. The molecule has 1 saturated heterocycles. The van der Waals surface area contributed by atoms with Crippen LogP contribution in [0.15, 0.2) is 12.7 Å². The van der Waals surface area contributed by atoms with Crippen molar-refractivity contribution in [2.24, 2.45) is 0 Å². The van der Waals surface area contributed by atoms with Crippen molar-refractivity contribution >= 4 is 22.8 Å². The molecule has 0 aliphatic carbocycles. The van der Waals surface area contributed by atoms with Crippen molar-refractivity contribution in [3.05, 3.63) is 17.8 Å². The third-order valence-electron chi connectivity index (χ3n) is 2.36. The number of fused-ring (bicyclic) bond motifs is 1. The predicted molar refractivity (Wildman–Crippen MR) is 58.6 cm³/mol. The molecule has 1 aliphatic rings. The number of rotatable bonds is 3. The number of hydrogen-bond donors (Lipinski definition) is 1. The van der Waals surface area contributed by atoms with Gasteiger partial charge in [-0.25, -0.2) is 15.0 Å². The van der Waals surface area contributed by atoms with Crippen LogP contribution in [-0.4, -0.2) is 50.6 Å². The molecule has 1 fully saturated rings. The number of nitrogens with zero attached hydrogens (tertiary/aromatic N) is 4. The van der Waals surface area contributed by atoms with Crippen molar-refractivity contribution in [2.45, 2.75) is 12.6 Å². The number of aromatic nitrogens is 4. The zero-order chi connectivity index (χ0) is 12.5. The highest BCUT2D eigenvalue weighted by Crippen LogP contribution is 2.17. The van der Waals surface area contributed by atoms with Gasteiger partial charge < -0.3 is 19.4 Å². The Morgan fingerprint density at radius 1 is 1.50 bits per heavy atom. The van der Waals surface area contributed by atoms with Crippen molar-refractivity contribution in [1.82, 2.24) is 19.7 Å². The number of aliphatic hydroxyl groups excluding tert-OH is 1. The van der Waals surface area contributed by atoms with Crippen LogP contribution in [0.1, 0.15) is 0 Å². The summed E-state index contributed by atoms with van der Waals surface area (Å²) in [7, 11) is 0. The van der Waals surface area contributed by atoms with Crippen LogP contribution in [0.3, 0.4) is 0 Å². The van der Waals surface area contributed by atoms with Crippen molar-refractivity contribution in [1.29, 1.82) is 0 Å². The molecule has 2 aromatic heterocycles. The molecule has 3 rings (SSSR count). The molecule has 1 unspecified atom stereocenters. The Hall–Kier alpha value is -1.48. The van der Waals surface area contributed by atoms with Gasteiger partial charge in [-0.15, -0.1) is 4.73 Å². The van der Waals surface area contributed by atoms with Gasteiger partial charge in [0.15, 0.2) is 11.4 Å². The number of halogens is 1. The number of imidazole rings is 1. The molecule has 1 N–H and O–H groups in total. The smallest absolute Gasteiger partial charge is 0.250 e. The van der Waals surface area contributed by atoms with E-state index in [0.29, 0.717) is 11.2 Å². The normalized spacial score (nSPS) is 23.7. The lowest BCUT2D eigenvalue weighted by atomic mass is 10.6. The van der Waals surface area contributed by atoms with E-state index in [1.807, 2.05) is 0 Å². The van der Waals surface area contributed by atoms with Crippen LogP contribution < -0.4 is 4.84 Å². The molecule has 2 atom stereocenters. The van der Waals surface area contributed by atoms with Gasteiger partial charge in [-0.3, -0.25) is 0 Å². The van der Waals surface area contributed by atoms with Crippen molar-refractivity contribution in [3.8, 4) is 0 Å². The van der Waals surface area contributed by atoms with E-state index in [1.165, 1.54) is 17.4 Å². The Labute approximate surface area is 106 Å². The van der Waals surface area contributed by atoms with E-state index >= 15 is 0 Å². The highest BCUT2D eigenvalue weighted by molar-refractivity contribution is 6.33. The molecule has 8 nitrogen and oxygen atoms in total. The van der Waals surface area contributed by atoms with Gasteiger partial charge in [0.2, 0.25) is 5.65 Å². The third-order valence-corrected chi connectivity index (χ3v) is 2.64. The summed E-state index contributed by atoms with van der Waals surface area (Å²) in [5.74, 6) is 0. The van der Waals surface area contributed by atoms with Crippen LogP contribution in [0, 0.1) is 0 Å². The molecule has 0 bridgehead atoms. The number of ether oxygens (including phenoxy) is 2. The molecule has 18 heavy (non-hydrogen) atoms. The summed E-state index contributed by atoms with van der Waals surface area (Å²) in [4.78, 5) is 17.3. The molecule has 0 aromatic carbocycles. The minimum absolute atomic E-state index is 0.212. The maximum Gasteiger partial charge on any atom is 0.250 e. The van der Waals surface area contributed by atoms with Crippen molar-refractivity contribution < 1.29 is 19.4 Å². The Bertz CT molecular complexity index is 562. The second-order valence-electron chi connectivity index (χ2n) is 3.52. The average Bonchev–Trinajstić information content (AvgIpc) is 2.98. The van der Waals surface area contributed by atoms with E-state index in [0.717, 1.165) is 0 Å². The molecule has 0 saturated carbocycles. The molecule has 0 amide bonds. The summed E-state index contributed by atoms with van der Waals surface area (Å²) in [6.07, 6.45) is 1.44. The summed E-state index contributed by atoms with van der Waals surface area (Å²) in [6.45, 7) is -0.0117. The molecule has 0 radical (unpaired) electrons. The average molecular weight is 273 g/mol. The SMILES string of the molecule is OCC1OC[C@@H](On2cnc3c(Cl)ncnc32)O1.